The summed E-state index contributed by atoms with van der Waals surface area (Å²) in [5.41, 5.74) is 0. The molecule has 0 saturated carbocycles. The van der Waals surface area contributed by atoms with E-state index in [1.54, 1.807) is 0 Å². The van der Waals surface area contributed by atoms with Crippen LogP contribution in [0.5, 0.6) is 0 Å². The molecule has 0 fully saturated rings. The van der Waals surface area contributed by atoms with E-state index in [1.807, 2.05) is 0 Å². The van der Waals surface area contributed by atoms with Gasteiger partial charge in [-0.25, -0.2) is 4.99 Å². The molecule has 1 atom stereocenters. The maximum Gasteiger partial charge on any atom is 0.183 e. The topological polar surface area (TPSA) is 21.6 Å². The van der Waals surface area contributed by atoms with Crippen molar-refractivity contribution in [2.24, 2.45) is 16.8 Å². The fraction of sp³-hybridized carbons (Fsp3) is 0.900. The minimum Gasteiger partial charge on any atom is -0.479 e. The van der Waals surface area contributed by atoms with Crippen molar-refractivity contribution in [1.29, 1.82) is 0 Å². The van der Waals surface area contributed by atoms with Crippen LogP contribution in [0.25, 0.3) is 0 Å². The third-order valence-corrected chi connectivity index (χ3v) is 2.08. The van der Waals surface area contributed by atoms with Crippen LogP contribution in [0.1, 0.15) is 34.1 Å². The molecule has 0 amide bonds. The van der Waals surface area contributed by atoms with Gasteiger partial charge in [0, 0.05) is 6.42 Å². The normalized spacial score (nSPS) is 23.2. The summed E-state index contributed by atoms with van der Waals surface area (Å²) in [6, 6.07) is 0.402. The van der Waals surface area contributed by atoms with Gasteiger partial charge in [-0.15, -0.1) is 0 Å². The maximum atomic E-state index is 5.49. The van der Waals surface area contributed by atoms with E-state index < -0.39 is 0 Å². The van der Waals surface area contributed by atoms with Gasteiger partial charge in [0.1, 0.15) is 6.61 Å². The zero-order valence-electron chi connectivity index (χ0n) is 8.50. The molecule has 1 rings (SSSR count). The molecule has 1 aliphatic heterocycles. The van der Waals surface area contributed by atoms with Gasteiger partial charge in [-0.2, -0.15) is 0 Å². The number of hydrogen-bond donors (Lipinski definition) is 0. The lowest BCUT2D eigenvalue weighted by atomic mass is 10.1. The standard InChI is InChI=1S/C10H19NO/c1-7(2)5-10-11-9(6-12-10)8(3)4/h7-9H,5-6H2,1-4H3/t9-/m1/s1. The highest BCUT2D eigenvalue weighted by Crippen LogP contribution is 2.16. The summed E-state index contributed by atoms with van der Waals surface area (Å²) in [6.07, 6.45) is 0.989. The first kappa shape index (κ1) is 9.56. The second kappa shape index (κ2) is 3.92. The molecule has 2 heteroatoms. The summed E-state index contributed by atoms with van der Waals surface area (Å²) >= 11 is 0. The molecule has 0 aliphatic carbocycles. The summed E-state index contributed by atoms with van der Waals surface area (Å²) in [5.74, 6) is 2.22. The van der Waals surface area contributed by atoms with Crippen LogP contribution in [-0.2, 0) is 4.74 Å². The van der Waals surface area contributed by atoms with Crippen LogP contribution in [-0.4, -0.2) is 18.5 Å². The van der Waals surface area contributed by atoms with Crippen LogP contribution in [0.4, 0.5) is 0 Å². The number of ether oxygens (including phenoxy) is 1. The van der Waals surface area contributed by atoms with Gasteiger partial charge in [0.15, 0.2) is 5.90 Å². The Hall–Kier alpha value is -0.530. The van der Waals surface area contributed by atoms with E-state index in [2.05, 4.69) is 32.7 Å². The minimum absolute atomic E-state index is 0.402. The van der Waals surface area contributed by atoms with Gasteiger partial charge in [0.2, 0.25) is 0 Å². The van der Waals surface area contributed by atoms with Gasteiger partial charge >= 0.3 is 0 Å². The summed E-state index contributed by atoms with van der Waals surface area (Å²) in [4.78, 5) is 4.52. The lowest BCUT2D eigenvalue weighted by Crippen LogP contribution is -2.13. The van der Waals surface area contributed by atoms with Crippen LogP contribution in [0.2, 0.25) is 0 Å². The van der Waals surface area contributed by atoms with Gasteiger partial charge < -0.3 is 4.74 Å². The molecule has 0 aromatic rings. The Morgan fingerprint density at radius 2 is 2.08 bits per heavy atom. The Bertz CT molecular complexity index is 173. The molecule has 0 N–H and O–H groups in total. The summed E-state index contributed by atoms with van der Waals surface area (Å²) < 4.78 is 5.49. The van der Waals surface area contributed by atoms with Crippen molar-refractivity contribution in [1.82, 2.24) is 0 Å². The van der Waals surface area contributed by atoms with E-state index in [9.17, 15) is 0 Å². The van der Waals surface area contributed by atoms with E-state index in [4.69, 9.17) is 4.74 Å². The Balaban J connectivity index is 2.43. The molecule has 70 valence electrons. The van der Waals surface area contributed by atoms with Gasteiger partial charge in [0.25, 0.3) is 0 Å². The van der Waals surface area contributed by atoms with Crippen molar-refractivity contribution >= 4 is 5.90 Å². The van der Waals surface area contributed by atoms with Gasteiger partial charge in [-0.1, -0.05) is 27.7 Å². The highest BCUT2D eigenvalue weighted by atomic mass is 16.5. The second-order valence-corrected chi connectivity index (χ2v) is 4.24. The summed E-state index contributed by atoms with van der Waals surface area (Å²) in [6.45, 7) is 9.55. The predicted molar refractivity (Wildman–Crippen MR) is 51.5 cm³/mol. The van der Waals surface area contributed by atoms with E-state index in [0.29, 0.717) is 17.9 Å². The molecule has 2 nitrogen and oxygen atoms in total. The van der Waals surface area contributed by atoms with Crippen molar-refractivity contribution in [2.75, 3.05) is 6.61 Å². The maximum absolute atomic E-state index is 5.49. The Kier molecular flexibility index (Phi) is 3.12. The molecule has 0 unspecified atom stereocenters. The predicted octanol–water partition coefficient (Wildman–Crippen LogP) is 2.49. The van der Waals surface area contributed by atoms with Crippen molar-refractivity contribution < 1.29 is 4.74 Å². The van der Waals surface area contributed by atoms with Crippen LogP contribution in [0.3, 0.4) is 0 Å². The van der Waals surface area contributed by atoms with Crippen molar-refractivity contribution in [3.8, 4) is 0 Å². The molecular formula is C10H19NO. The highest BCUT2D eigenvalue weighted by molar-refractivity contribution is 5.77. The van der Waals surface area contributed by atoms with Gasteiger partial charge in [-0.05, 0) is 11.8 Å². The summed E-state index contributed by atoms with van der Waals surface area (Å²) in [7, 11) is 0. The Morgan fingerprint density at radius 1 is 1.42 bits per heavy atom. The molecule has 1 aliphatic rings. The smallest absolute Gasteiger partial charge is 0.183 e. The van der Waals surface area contributed by atoms with Crippen LogP contribution in [0.15, 0.2) is 4.99 Å². The molecule has 0 aromatic carbocycles. The Labute approximate surface area is 75.0 Å². The molecule has 0 radical (unpaired) electrons. The van der Waals surface area contributed by atoms with Gasteiger partial charge in [0.05, 0.1) is 6.04 Å². The molecule has 0 saturated heterocycles. The summed E-state index contributed by atoms with van der Waals surface area (Å²) in [5, 5.41) is 0. The number of aliphatic imine (C=N–C) groups is 1. The van der Waals surface area contributed by atoms with E-state index in [0.717, 1.165) is 18.9 Å². The largest absolute Gasteiger partial charge is 0.479 e. The van der Waals surface area contributed by atoms with Crippen molar-refractivity contribution in [2.45, 2.75) is 40.2 Å². The second-order valence-electron chi connectivity index (χ2n) is 4.24. The van der Waals surface area contributed by atoms with Crippen molar-refractivity contribution in [3.63, 3.8) is 0 Å². The molecular weight excluding hydrogens is 150 g/mol. The van der Waals surface area contributed by atoms with Gasteiger partial charge in [-0.3, -0.25) is 0 Å². The molecule has 0 aromatic heterocycles. The van der Waals surface area contributed by atoms with E-state index in [-0.39, 0.29) is 0 Å². The number of rotatable bonds is 3. The first-order valence-corrected chi connectivity index (χ1v) is 4.79. The van der Waals surface area contributed by atoms with Crippen LogP contribution in [0, 0.1) is 11.8 Å². The average molecular weight is 169 g/mol. The first-order valence-electron chi connectivity index (χ1n) is 4.79. The van der Waals surface area contributed by atoms with Crippen LogP contribution < -0.4 is 0 Å². The first-order chi connectivity index (χ1) is 5.59. The van der Waals surface area contributed by atoms with E-state index >= 15 is 0 Å². The molecule has 0 spiro atoms. The van der Waals surface area contributed by atoms with E-state index in [1.165, 1.54) is 0 Å². The minimum atomic E-state index is 0.402. The van der Waals surface area contributed by atoms with Crippen LogP contribution >= 0.6 is 0 Å². The molecule has 12 heavy (non-hydrogen) atoms. The molecule has 0 bridgehead atoms. The highest BCUT2D eigenvalue weighted by Gasteiger charge is 2.21. The number of nitrogens with zero attached hydrogens (tertiary/aromatic N) is 1. The third-order valence-electron chi connectivity index (χ3n) is 2.08. The fourth-order valence-electron chi connectivity index (χ4n) is 1.24. The average Bonchev–Trinajstić information content (AvgIpc) is 2.34. The zero-order chi connectivity index (χ0) is 9.14. The zero-order valence-corrected chi connectivity index (χ0v) is 8.50. The fourth-order valence-corrected chi connectivity index (χ4v) is 1.24. The Morgan fingerprint density at radius 3 is 2.50 bits per heavy atom. The lowest BCUT2D eigenvalue weighted by molar-refractivity contribution is 0.283. The number of hydrogen-bond acceptors (Lipinski definition) is 2. The van der Waals surface area contributed by atoms with Crippen molar-refractivity contribution in [3.05, 3.63) is 0 Å². The quantitative estimate of drug-likeness (QED) is 0.636. The molecule has 1 heterocycles. The monoisotopic (exact) mass is 169 g/mol. The SMILES string of the molecule is CC(C)CC1=N[C@@H](C(C)C)CO1. The third kappa shape index (κ3) is 2.50. The lowest BCUT2D eigenvalue weighted by Gasteiger charge is -2.06.